The topological polar surface area (TPSA) is 102 Å². The summed E-state index contributed by atoms with van der Waals surface area (Å²) in [4.78, 5) is 27.4. The van der Waals surface area contributed by atoms with Crippen LogP contribution in [0.4, 0.5) is 11.6 Å². The van der Waals surface area contributed by atoms with Crippen molar-refractivity contribution in [2.24, 2.45) is 5.92 Å². The van der Waals surface area contributed by atoms with Gasteiger partial charge in [-0.05, 0) is 19.8 Å². The summed E-state index contributed by atoms with van der Waals surface area (Å²) in [5.74, 6) is 2.91. The third-order valence-electron chi connectivity index (χ3n) is 4.59. The van der Waals surface area contributed by atoms with E-state index in [0.29, 0.717) is 5.82 Å². The van der Waals surface area contributed by atoms with Crippen molar-refractivity contribution in [1.82, 2.24) is 24.7 Å². The molecule has 0 atom stereocenters. The van der Waals surface area contributed by atoms with E-state index < -0.39 is 0 Å². The van der Waals surface area contributed by atoms with Gasteiger partial charge in [0.1, 0.15) is 30.1 Å². The van der Waals surface area contributed by atoms with Crippen molar-refractivity contribution in [3.05, 3.63) is 42.9 Å². The van der Waals surface area contributed by atoms with Gasteiger partial charge in [0.2, 0.25) is 5.91 Å². The summed E-state index contributed by atoms with van der Waals surface area (Å²) in [6, 6.07) is 3.58. The second-order valence-corrected chi connectivity index (χ2v) is 6.21. The van der Waals surface area contributed by atoms with Crippen molar-refractivity contribution in [2.45, 2.75) is 19.8 Å². The molecule has 1 aliphatic rings. The molecule has 1 fully saturated rings. The monoisotopic (exact) mass is 353 g/mol. The van der Waals surface area contributed by atoms with Gasteiger partial charge in [-0.25, -0.2) is 15.0 Å². The number of nitrogens with zero attached hydrogens (tertiary/aromatic N) is 6. The molecule has 0 bridgehead atoms. The third kappa shape index (κ3) is 3.28. The molecular weight excluding hydrogens is 334 g/mol. The average Bonchev–Trinajstić information content (AvgIpc) is 3.33. The molecule has 3 aromatic rings. The highest BCUT2D eigenvalue weighted by Gasteiger charge is 2.26. The van der Waals surface area contributed by atoms with Crippen LogP contribution in [0.1, 0.15) is 18.7 Å². The Morgan fingerprint density at radius 2 is 2.04 bits per heavy atom. The van der Waals surface area contributed by atoms with Gasteiger partial charge in [-0.1, -0.05) is 5.16 Å². The molecule has 134 valence electrons. The lowest BCUT2D eigenvalue weighted by molar-refractivity contribution is -0.120. The van der Waals surface area contributed by atoms with Crippen molar-refractivity contribution < 1.29 is 9.32 Å². The van der Waals surface area contributed by atoms with Crippen LogP contribution in [0.5, 0.6) is 0 Å². The number of hydrogen-bond donors (Lipinski definition) is 1. The van der Waals surface area contributed by atoms with Crippen LogP contribution in [0, 0.1) is 12.8 Å². The predicted octanol–water partition coefficient (Wildman–Crippen LogP) is 1.81. The number of aryl methyl sites for hydroxylation is 1. The molecule has 0 saturated carbocycles. The first-order chi connectivity index (χ1) is 12.7. The minimum absolute atomic E-state index is 0.0176. The highest BCUT2D eigenvalue weighted by Crippen LogP contribution is 2.24. The van der Waals surface area contributed by atoms with Crippen molar-refractivity contribution in [2.75, 3.05) is 23.3 Å². The number of aromatic nitrogens is 5. The quantitative estimate of drug-likeness (QED) is 0.763. The van der Waals surface area contributed by atoms with E-state index in [1.54, 1.807) is 18.6 Å². The Bertz CT molecular complexity index is 882. The van der Waals surface area contributed by atoms with Gasteiger partial charge < -0.3 is 14.7 Å². The Morgan fingerprint density at radius 3 is 2.73 bits per heavy atom. The predicted molar refractivity (Wildman–Crippen MR) is 94.0 cm³/mol. The highest BCUT2D eigenvalue weighted by atomic mass is 16.5. The molecule has 1 saturated heterocycles. The van der Waals surface area contributed by atoms with E-state index in [2.05, 4.69) is 30.3 Å². The first-order valence-corrected chi connectivity index (χ1v) is 8.49. The van der Waals surface area contributed by atoms with Gasteiger partial charge in [0.05, 0.1) is 0 Å². The average molecular weight is 353 g/mol. The van der Waals surface area contributed by atoms with Crippen LogP contribution in [0.25, 0.3) is 5.82 Å². The molecular formula is C17H19N7O2. The molecule has 0 spiro atoms. The second-order valence-electron chi connectivity index (χ2n) is 6.21. The number of imidazole rings is 1. The maximum absolute atomic E-state index is 12.3. The van der Waals surface area contributed by atoms with Crippen molar-refractivity contribution >= 4 is 17.5 Å². The first kappa shape index (κ1) is 16.2. The SMILES string of the molecule is Cc1nccn1-c1cc(N2CCC(C(=O)Nc3ccon3)CC2)ncn1. The molecule has 0 unspecified atom stereocenters. The Morgan fingerprint density at radius 1 is 1.23 bits per heavy atom. The fraction of sp³-hybridized carbons (Fsp3) is 0.353. The van der Waals surface area contributed by atoms with Gasteiger partial charge in [0.25, 0.3) is 0 Å². The van der Waals surface area contributed by atoms with Crippen molar-refractivity contribution in [1.29, 1.82) is 0 Å². The molecule has 4 heterocycles. The molecule has 1 N–H and O–H groups in total. The summed E-state index contributed by atoms with van der Waals surface area (Å²) in [6.45, 7) is 3.45. The lowest BCUT2D eigenvalue weighted by Crippen LogP contribution is -2.38. The van der Waals surface area contributed by atoms with Gasteiger partial charge in [0, 0.05) is 43.5 Å². The summed E-state index contributed by atoms with van der Waals surface area (Å²) in [7, 11) is 0. The number of amides is 1. The van der Waals surface area contributed by atoms with E-state index in [1.165, 1.54) is 6.26 Å². The summed E-state index contributed by atoms with van der Waals surface area (Å²) in [5.41, 5.74) is 0. The Kier molecular flexibility index (Phi) is 4.34. The molecule has 26 heavy (non-hydrogen) atoms. The van der Waals surface area contributed by atoms with Crippen LogP contribution < -0.4 is 10.2 Å². The zero-order valence-electron chi connectivity index (χ0n) is 14.4. The normalized spacial score (nSPS) is 15.2. The Labute approximate surface area is 150 Å². The first-order valence-electron chi connectivity index (χ1n) is 8.49. The van der Waals surface area contributed by atoms with Crippen molar-refractivity contribution in [3.8, 4) is 5.82 Å². The van der Waals surface area contributed by atoms with Crippen LogP contribution in [0.3, 0.4) is 0 Å². The smallest absolute Gasteiger partial charge is 0.228 e. The summed E-state index contributed by atoms with van der Waals surface area (Å²) >= 11 is 0. The van der Waals surface area contributed by atoms with Crippen LogP contribution in [0.15, 0.2) is 41.6 Å². The molecule has 9 heteroatoms. The van der Waals surface area contributed by atoms with E-state index in [1.807, 2.05) is 23.8 Å². The fourth-order valence-electron chi connectivity index (χ4n) is 3.14. The van der Waals surface area contributed by atoms with Crippen molar-refractivity contribution in [3.63, 3.8) is 0 Å². The standard InChI is InChI=1S/C17H19N7O2/c1-12-18-5-8-24(12)16-10-15(19-11-20-16)23-6-2-13(3-7-23)17(25)21-14-4-9-26-22-14/h4-5,8-11,13H,2-3,6-7H2,1H3,(H,21,22,25). The third-order valence-corrected chi connectivity index (χ3v) is 4.59. The molecule has 4 rings (SSSR count). The largest absolute Gasteiger partial charge is 0.363 e. The van der Waals surface area contributed by atoms with Gasteiger partial charge in [-0.2, -0.15) is 0 Å². The van der Waals surface area contributed by atoms with E-state index in [4.69, 9.17) is 4.52 Å². The van der Waals surface area contributed by atoms with Crippen LogP contribution in [0.2, 0.25) is 0 Å². The number of carbonyl (C=O) groups is 1. The molecule has 0 aromatic carbocycles. The zero-order chi connectivity index (χ0) is 17.9. The van der Waals surface area contributed by atoms with Gasteiger partial charge in [0.15, 0.2) is 5.82 Å². The molecule has 1 aliphatic heterocycles. The van der Waals surface area contributed by atoms with Gasteiger partial charge in [-0.15, -0.1) is 0 Å². The lowest BCUT2D eigenvalue weighted by atomic mass is 9.96. The Hall–Kier alpha value is -3.23. The number of carbonyl (C=O) groups excluding carboxylic acids is 1. The number of anilines is 2. The maximum atomic E-state index is 12.3. The molecule has 1 amide bonds. The molecule has 3 aromatic heterocycles. The number of rotatable bonds is 4. The summed E-state index contributed by atoms with van der Waals surface area (Å²) in [6.07, 6.45) is 8.14. The second kappa shape index (κ2) is 6.95. The van der Waals surface area contributed by atoms with Crippen LogP contribution >= 0.6 is 0 Å². The fourth-order valence-corrected chi connectivity index (χ4v) is 3.14. The minimum Gasteiger partial charge on any atom is -0.363 e. The molecule has 9 nitrogen and oxygen atoms in total. The molecule has 0 radical (unpaired) electrons. The van der Waals surface area contributed by atoms with E-state index in [0.717, 1.165) is 43.4 Å². The van der Waals surface area contributed by atoms with Gasteiger partial charge in [-0.3, -0.25) is 9.36 Å². The van der Waals surface area contributed by atoms with Crippen LogP contribution in [-0.2, 0) is 4.79 Å². The zero-order valence-corrected chi connectivity index (χ0v) is 14.4. The number of nitrogens with one attached hydrogen (secondary N) is 1. The van der Waals surface area contributed by atoms with Gasteiger partial charge >= 0.3 is 0 Å². The van der Waals surface area contributed by atoms with E-state index in [9.17, 15) is 4.79 Å². The molecule has 0 aliphatic carbocycles. The minimum atomic E-state index is -0.0415. The lowest BCUT2D eigenvalue weighted by Gasteiger charge is -2.32. The number of piperidine rings is 1. The Balaban J connectivity index is 1.40. The highest BCUT2D eigenvalue weighted by molar-refractivity contribution is 5.91. The van der Waals surface area contributed by atoms with E-state index >= 15 is 0 Å². The maximum Gasteiger partial charge on any atom is 0.228 e. The van der Waals surface area contributed by atoms with Crippen LogP contribution in [-0.4, -0.2) is 43.7 Å². The van der Waals surface area contributed by atoms with E-state index in [-0.39, 0.29) is 11.8 Å². The summed E-state index contributed by atoms with van der Waals surface area (Å²) in [5, 5.41) is 6.49. The number of hydrogen-bond acceptors (Lipinski definition) is 7. The summed E-state index contributed by atoms with van der Waals surface area (Å²) < 4.78 is 6.65.